The van der Waals surface area contributed by atoms with Crippen LogP contribution in [0.1, 0.15) is 56.2 Å². The van der Waals surface area contributed by atoms with Crippen molar-refractivity contribution < 1.29 is 0 Å². The van der Waals surface area contributed by atoms with Crippen LogP contribution in [-0.2, 0) is 12.8 Å². The molecule has 0 aliphatic heterocycles. The minimum Gasteiger partial charge on any atom is -0.369 e. The van der Waals surface area contributed by atoms with Gasteiger partial charge in [-0.3, -0.25) is 0 Å². The number of halogens is 1. The van der Waals surface area contributed by atoms with E-state index in [1.165, 1.54) is 43.4 Å². The van der Waals surface area contributed by atoms with E-state index in [1.807, 2.05) is 0 Å². The summed E-state index contributed by atoms with van der Waals surface area (Å²) in [5.74, 6) is 1.84. The Kier molecular flexibility index (Phi) is 4.77. The Balaban J connectivity index is 1.62. The molecule has 0 amide bonds. The van der Waals surface area contributed by atoms with E-state index in [9.17, 15) is 0 Å². The van der Waals surface area contributed by atoms with Crippen molar-refractivity contribution in [1.82, 2.24) is 9.97 Å². The summed E-state index contributed by atoms with van der Waals surface area (Å²) in [4.78, 5) is 8.96. The molecular weight excluding hydrogens is 270 g/mol. The van der Waals surface area contributed by atoms with E-state index in [1.54, 1.807) is 6.33 Å². The Morgan fingerprint density at radius 1 is 1.05 bits per heavy atom. The topological polar surface area (TPSA) is 37.8 Å². The number of nitrogens with zero attached hydrogens (tertiary/aromatic N) is 2. The summed E-state index contributed by atoms with van der Waals surface area (Å²) in [6.07, 6.45) is 12.6. The van der Waals surface area contributed by atoms with Crippen molar-refractivity contribution in [3.63, 3.8) is 0 Å². The molecular formula is C16H24ClN3. The van der Waals surface area contributed by atoms with Crippen molar-refractivity contribution in [1.29, 1.82) is 0 Å². The Morgan fingerprint density at radius 3 is 2.70 bits per heavy atom. The second kappa shape index (κ2) is 6.75. The van der Waals surface area contributed by atoms with Gasteiger partial charge in [0.05, 0.1) is 0 Å². The van der Waals surface area contributed by atoms with Gasteiger partial charge in [-0.05, 0) is 57.3 Å². The first-order chi connectivity index (χ1) is 9.83. The van der Waals surface area contributed by atoms with E-state index in [4.69, 9.17) is 11.6 Å². The summed E-state index contributed by atoms with van der Waals surface area (Å²) < 4.78 is 0. The quantitative estimate of drug-likeness (QED) is 0.677. The van der Waals surface area contributed by atoms with E-state index in [-0.39, 0.29) is 0 Å². The van der Waals surface area contributed by atoms with Crippen LogP contribution < -0.4 is 5.32 Å². The Morgan fingerprint density at radius 2 is 1.85 bits per heavy atom. The van der Waals surface area contributed by atoms with Gasteiger partial charge in [0.1, 0.15) is 12.1 Å². The Bertz CT molecular complexity index is 441. The first-order valence-electron chi connectivity index (χ1n) is 8.03. The predicted octanol–water partition coefficient (Wildman–Crippen LogP) is 3.96. The van der Waals surface area contributed by atoms with Crippen LogP contribution in [0.15, 0.2) is 6.33 Å². The molecule has 4 heteroatoms. The molecule has 1 aromatic heterocycles. The molecule has 1 aromatic rings. The molecule has 1 N–H and O–H groups in total. The SMILES string of the molecule is ClC1CCC(CNc2ncnc3c2CCCCC3)CC1. The maximum Gasteiger partial charge on any atom is 0.132 e. The van der Waals surface area contributed by atoms with Gasteiger partial charge < -0.3 is 5.32 Å². The van der Waals surface area contributed by atoms with Crippen LogP contribution in [0.5, 0.6) is 0 Å². The van der Waals surface area contributed by atoms with Crippen molar-refractivity contribution in [2.45, 2.75) is 63.2 Å². The van der Waals surface area contributed by atoms with Gasteiger partial charge in [0.25, 0.3) is 0 Å². The molecule has 3 nitrogen and oxygen atoms in total. The standard InChI is InChI=1S/C16H24ClN3/c17-13-8-6-12(7-9-13)10-18-16-14-4-2-1-3-5-15(14)19-11-20-16/h11-13H,1-10H2,(H,18,19,20). The van der Waals surface area contributed by atoms with Gasteiger partial charge in [-0.2, -0.15) is 0 Å². The highest BCUT2D eigenvalue weighted by Gasteiger charge is 2.20. The molecule has 0 radical (unpaired) electrons. The zero-order valence-corrected chi connectivity index (χ0v) is 12.8. The van der Waals surface area contributed by atoms with Crippen molar-refractivity contribution in [2.75, 3.05) is 11.9 Å². The summed E-state index contributed by atoms with van der Waals surface area (Å²) in [6.45, 7) is 1.03. The molecule has 20 heavy (non-hydrogen) atoms. The van der Waals surface area contributed by atoms with Crippen LogP contribution in [0.4, 0.5) is 5.82 Å². The number of fused-ring (bicyclic) bond motifs is 1. The molecule has 3 rings (SSSR count). The van der Waals surface area contributed by atoms with Gasteiger partial charge in [0.2, 0.25) is 0 Å². The highest BCUT2D eigenvalue weighted by Crippen LogP contribution is 2.29. The number of aromatic nitrogens is 2. The first-order valence-corrected chi connectivity index (χ1v) is 8.47. The summed E-state index contributed by atoms with van der Waals surface area (Å²) in [5, 5.41) is 4.00. The molecule has 0 atom stereocenters. The van der Waals surface area contributed by atoms with Crippen LogP contribution >= 0.6 is 11.6 Å². The fraction of sp³-hybridized carbons (Fsp3) is 0.750. The van der Waals surface area contributed by atoms with Gasteiger partial charge in [-0.25, -0.2) is 9.97 Å². The average molecular weight is 294 g/mol. The van der Waals surface area contributed by atoms with E-state index in [2.05, 4.69) is 15.3 Å². The zero-order chi connectivity index (χ0) is 13.8. The summed E-state index contributed by atoms with van der Waals surface area (Å²) >= 11 is 6.17. The molecule has 1 saturated carbocycles. The largest absolute Gasteiger partial charge is 0.369 e. The number of hydrogen-bond acceptors (Lipinski definition) is 3. The van der Waals surface area contributed by atoms with Crippen LogP contribution in [0, 0.1) is 5.92 Å². The van der Waals surface area contributed by atoms with Crippen molar-refractivity contribution in [3.05, 3.63) is 17.6 Å². The third-order valence-electron chi connectivity index (χ3n) is 4.71. The third-order valence-corrected chi connectivity index (χ3v) is 5.15. The number of nitrogens with one attached hydrogen (secondary N) is 1. The molecule has 0 bridgehead atoms. The molecule has 110 valence electrons. The number of alkyl halides is 1. The highest BCUT2D eigenvalue weighted by atomic mass is 35.5. The van der Waals surface area contributed by atoms with E-state index >= 15 is 0 Å². The van der Waals surface area contributed by atoms with Crippen LogP contribution in [0.2, 0.25) is 0 Å². The fourth-order valence-corrected chi connectivity index (χ4v) is 3.67. The molecule has 2 aliphatic rings. The van der Waals surface area contributed by atoms with Gasteiger partial charge in [-0.1, -0.05) is 6.42 Å². The summed E-state index contributed by atoms with van der Waals surface area (Å²) in [5.41, 5.74) is 2.64. The smallest absolute Gasteiger partial charge is 0.132 e. The fourth-order valence-electron chi connectivity index (χ4n) is 3.42. The minimum atomic E-state index is 0.404. The zero-order valence-electron chi connectivity index (χ0n) is 12.1. The monoisotopic (exact) mass is 293 g/mol. The summed E-state index contributed by atoms with van der Waals surface area (Å²) in [7, 11) is 0. The highest BCUT2D eigenvalue weighted by molar-refractivity contribution is 6.20. The maximum atomic E-state index is 6.17. The van der Waals surface area contributed by atoms with Gasteiger partial charge >= 0.3 is 0 Å². The van der Waals surface area contributed by atoms with Crippen molar-refractivity contribution >= 4 is 17.4 Å². The van der Waals surface area contributed by atoms with E-state index in [0.29, 0.717) is 5.38 Å². The number of hydrogen-bond donors (Lipinski definition) is 1. The van der Waals surface area contributed by atoms with Crippen LogP contribution in [0.3, 0.4) is 0 Å². The lowest BCUT2D eigenvalue weighted by Crippen LogP contribution is -2.22. The Labute approximate surface area is 126 Å². The van der Waals surface area contributed by atoms with Crippen LogP contribution in [-0.4, -0.2) is 21.9 Å². The lowest BCUT2D eigenvalue weighted by Gasteiger charge is -2.25. The average Bonchev–Trinajstić information content (AvgIpc) is 2.72. The van der Waals surface area contributed by atoms with Gasteiger partial charge in [0, 0.05) is 23.2 Å². The first kappa shape index (κ1) is 14.1. The normalized spacial score (nSPS) is 26.6. The van der Waals surface area contributed by atoms with Crippen LogP contribution in [0.25, 0.3) is 0 Å². The number of rotatable bonds is 3. The lowest BCUT2D eigenvalue weighted by atomic mass is 9.89. The Hall–Kier alpha value is -0.830. The molecule has 0 unspecified atom stereocenters. The van der Waals surface area contributed by atoms with E-state index < -0.39 is 0 Å². The molecule has 0 spiro atoms. The van der Waals surface area contributed by atoms with Crippen molar-refractivity contribution in [3.8, 4) is 0 Å². The minimum absolute atomic E-state index is 0.404. The predicted molar refractivity (Wildman–Crippen MR) is 83.4 cm³/mol. The molecule has 2 aliphatic carbocycles. The number of anilines is 1. The van der Waals surface area contributed by atoms with Crippen molar-refractivity contribution in [2.24, 2.45) is 5.92 Å². The molecule has 1 fully saturated rings. The molecule has 0 aromatic carbocycles. The second-order valence-corrected chi connectivity index (χ2v) is 6.82. The molecule has 0 saturated heterocycles. The molecule has 1 heterocycles. The second-order valence-electron chi connectivity index (χ2n) is 6.21. The third kappa shape index (κ3) is 3.43. The van der Waals surface area contributed by atoms with Gasteiger partial charge in [-0.15, -0.1) is 11.6 Å². The van der Waals surface area contributed by atoms with Gasteiger partial charge in [0.15, 0.2) is 0 Å². The lowest BCUT2D eigenvalue weighted by molar-refractivity contribution is 0.377. The summed E-state index contributed by atoms with van der Waals surface area (Å²) in [6, 6.07) is 0. The van der Waals surface area contributed by atoms with E-state index in [0.717, 1.165) is 44.0 Å². The maximum absolute atomic E-state index is 6.17. The number of aryl methyl sites for hydroxylation is 1.